The summed E-state index contributed by atoms with van der Waals surface area (Å²) < 4.78 is 5.33. The number of Topliss-reactive ketones (excluding diaryl/α,β-unsaturated/α-hetero) is 1. The molecule has 21 heavy (non-hydrogen) atoms. The fourth-order valence-electron chi connectivity index (χ4n) is 2.55. The molecule has 1 unspecified atom stereocenters. The van der Waals surface area contributed by atoms with E-state index in [0.29, 0.717) is 13.1 Å². The van der Waals surface area contributed by atoms with E-state index < -0.39 is 0 Å². The zero-order chi connectivity index (χ0) is 15.1. The molecule has 114 valence electrons. The number of likely N-dealkylation sites (tertiary alicyclic amines) is 1. The summed E-state index contributed by atoms with van der Waals surface area (Å²) in [6.45, 7) is 1.36. The maximum absolute atomic E-state index is 12.1. The maximum Gasteiger partial charge on any atom is 0.410 e. The number of benzene rings is 1. The Bertz CT molecular complexity index is 476. The topological polar surface area (TPSA) is 72.6 Å². The Labute approximate surface area is 125 Å². The molecule has 2 rings (SSSR count). The lowest BCUT2D eigenvalue weighted by atomic mass is 9.98. The monoisotopic (exact) mass is 290 g/mol. The van der Waals surface area contributed by atoms with Crippen molar-refractivity contribution >= 4 is 11.9 Å². The van der Waals surface area contributed by atoms with Crippen LogP contribution >= 0.6 is 0 Å². The molecule has 5 nitrogen and oxygen atoms in total. The van der Waals surface area contributed by atoms with Crippen molar-refractivity contribution in [3.63, 3.8) is 0 Å². The first-order valence-electron chi connectivity index (χ1n) is 7.39. The molecule has 1 aromatic rings. The minimum Gasteiger partial charge on any atom is -0.445 e. The number of amides is 1. The van der Waals surface area contributed by atoms with Crippen LogP contribution in [0.3, 0.4) is 0 Å². The number of nitrogens with zero attached hydrogens (tertiary/aromatic N) is 1. The molecule has 1 atom stereocenters. The maximum atomic E-state index is 12.1. The highest BCUT2D eigenvalue weighted by Gasteiger charge is 2.26. The highest BCUT2D eigenvalue weighted by Crippen LogP contribution is 2.18. The molecule has 2 N–H and O–H groups in total. The van der Waals surface area contributed by atoms with Crippen LogP contribution in [0.25, 0.3) is 0 Å². The molecule has 1 aromatic carbocycles. The third-order valence-corrected chi connectivity index (χ3v) is 3.79. The van der Waals surface area contributed by atoms with Crippen LogP contribution in [0.5, 0.6) is 0 Å². The summed E-state index contributed by atoms with van der Waals surface area (Å²) in [4.78, 5) is 25.5. The number of carbonyl (C=O) groups is 2. The molecule has 0 bridgehead atoms. The van der Waals surface area contributed by atoms with Crippen LogP contribution in [0, 0.1) is 5.92 Å². The van der Waals surface area contributed by atoms with Gasteiger partial charge < -0.3 is 15.4 Å². The van der Waals surface area contributed by atoms with Gasteiger partial charge in [0.15, 0.2) is 5.78 Å². The average Bonchev–Trinajstić information content (AvgIpc) is 2.79. The minimum atomic E-state index is -0.351. The van der Waals surface area contributed by atoms with Gasteiger partial charge >= 0.3 is 6.09 Å². The van der Waals surface area contributed by atoms with Gasteiger partial charge in [-0.1, -0.05) is 36.8 Å². The van der Waals surface area contributed by atoms with Gasteiger partial charge in [-0.2, -0.15) is 0 Å². The van der Waals surface area contributed by atoms with Crippen LogP contribution in [0.4, 0.5) is 4.79 Å². The molecular weight excluding hydrogens is 268 g/mol. The standard InChI is InChI=1S/C16H22N2O3/c17-10-15(19)14-8-4-5-9-18(11-14)16(20)21-12-13-6-2-1-3-7-13/h1-3,6-7,14H,4-5,8-12,17H2. The Morgan fingerprint density at radius 3 is 2.71 bits per heavy atom. The Hall–Kier alpha value is -1.88. The van der Waals surface area contributed by atoms with Crippen LogP contribution in [0.15, 0.2) is 30.3 Å². The zero-order valence-electron chi connectivity index (χ0n) is 12.2. The molecule has 1 heterocycles. The lowest BCUT2D eigenvalue weighted by molar-refractivity contribution is -0.121. The van der Waals surface area contributed by atoms with E-state index in [9.17, 15) is 9.59 Å². The highest BCUT2D eigenvalue weighted by atomic mass is 16.6. The van der Waals surface area contributed by atoms with Gasteiger partial charge in [0.1, 0.15) is 6.61 Å². The van der Waals surface area contributed by atoms with E-state index in [0.717, 1.165) is 24.8 Å². The van der Waals surface area contributed by atoms with E-state index in [-0.39, 0.29) is 30.9 Å². The van der Waals surface area contributed by atoms with Gasteiger partial charge in [-0.05, 0) is 18.4 Å². The first kappa shape index (κ1) is 15.5. The molecular formula is C16H22N2O3. The number of carbonyl (C=O) groups excluding carboxylic acids is 2. The number of hydrogen-bond acceptors (Lipinski definition) is 4. The summed E-state index contributed by atoms with van der Waals surface area (Å²) in [5.74, 6) is -0.125. The van der Waals surface area contributed by atoms with E-state index >= 15 is 0 Å². The fraction of sp³-hybridized carbons (Fsp3) is 0.500. The summed E-state index contributed by atoms with van der Waals surface area (Å²) in [6, 6.07) is 9.56. The van der Waals surface area contributed by atoms with E-state index in [1.54, 1.807) is 4.90 Å². The van der Waals surface area contributed by atoms with E-state index in [2.05, 4.69) is 0 Å². The van der Waals surface area contributed by atoms with Gasteiger partial charge in [-0.25, -0.2) is 4.79 Å². The zero-order valence-corrected chi connectivity index (χ0v) is 12.2. The Balaban J connectivity index is 1.89. The van der Waals surface area contributed by atoms with E-state index in [4.69, 9.17) is 10.5 Å². The molecule has 0 saturated carbocycles. The van der Waals surface area contributed by atoms with Crippen molar-refractivity contribution < 1.29 is 14.3 Å². The molecule has 1 aliphatic heterocycles. The van der Waals surface area contributed by atoms with Crippen molar-refractivity contribution in [3.8, 4) is 0 Å². The Kier molecular flexibility index (Phi) is 5.75. The second-order valence-electron chi connectivity index (χ2n) is 5.35. The summed E-state index contributed by atoms with van der Waals surface area (Å²) in [7, 11) is 0. The number of hydrogen-bond donors (Lipinski definition) is 1. The van der Waals surface area contributed by atoms with Gasteiger partial charge in [0.25, 0.3) is 0 Å². The number of ether oxygens (including phenoxy) is 1. The third kappa shape index (κ3) is 4.56. The third-order valence-electron chi connectivity index (χ3n) is 3.79. The first-order chi connectivity index (χ1) is 10.2. The smallest absolute Gasteiger partial charge is 0.410 e. The van der Waals surface area contributed by atoms with Crippen molar-refractivity contribution in [2.75, 3.05) is 19.6 Å². The predicted molar refractivity (Wildman–Crippen MR) is 79.6 cm³/mol. The van der Waals surface area contributed by atoms with Gasteiger partial charge in [0.05, 0.1) is 6.54 Å². The van der Waals surface area contributed by atoms with Crippen molar-refractivity contribution in [2.24, 2.45) is 11.7 Å². The van der Waals surface area contributed by atoms with Gasteiger partial charge in [-0.15, -0.1) is 0 Å². The first-order valence-corrected chi connectivity index (χ1v) is 7.39. The fourth-order valence-corrected chi connectivity index (χ4v) is 2.55. The molecule has 1 amide bonds. The Morgan fingerprint density at radius 2 is 2.00 bits per heavy atom. The summed E-state index contributed by atoms with van der Waals surface area (Å²) in [5, 5.41) is 0. The number of rotatable bonds is 4. The number of ketones is 1. The predicted octanol–water partition coefficient (Wildman–Crippen LogP) is 1.95. The molecule has 0 radical (unpaired) electrons. The van der Waals surface area contributed by atoms with Crippen LogP contribution < -0.4 is 5.73 Å². The molecule has 0 aliphatic carbocycles. The average molecular weight is 290 g/mol. The number of nitrogens with two attached hydrogens (primary N) is 1. The SMILES string of the molecule is NCC(=O)C1CCCCN(C(=O)OCc2ccccc2)C1. The Morgan fingerprint density at radius 1 is 1.24 bits per heavy atom. The lowest BCUT2D eigenvalue weighted by Gasteiger charge is -2.23. The van der Waals surface area contributed by atoms with Crippen LogP contribution in [0.2, 0.25) is 0 Å². The van der Waals surface area contributed by atoms with Crippen molar-refractivity contribution in [2.45, 2.75) is 25.9 Å². The molecule has 1 fully saturated rings. The van der Waals surface area contributed by atoms with Crippen molar-refractivity contribution in [1.82, 2.24) is 4.90 Å². The van der Waals surface area contributed by atoms with Crippen LogP contribution in [-0.4, -0.2) is 36.4 Å². The second-order valence-corrected chi connectivity index (χ2v) is 5.35. The summed E-state index contributed by atoms with van der Waals surface area (Å²) in [6.07, 6.45) is 2.29. The minimum absolute atomic E-state index is 0.0257. The lowest BCUT2D eigenvalue weighted by Crippen LogP contribution is -2.38. The van der Waals surface area contributed by atoms with Crippen molar-refractivity contribution in [1.29, 1.82) is 0 Å². The van der Waals surface area contributed by atoms with Gasteiger partial charge in [0.2, 0.25) is 0 Å². The summed E-state index contributed by atoms with van der Waals surface area (Å²) >= 11 is 0. The molecule has 0 aromatic heterocycles. The molecule has 1 aliphatic rings. The largest absolute Gasteiger partial charge is 0.445 e. The molecule has 0 spiro atoms. The van der Waals surface area contributed by atoms with Crippen LogP contribution in [0.1, 0.15) is 24.8 Å². The van der Waals surface area contributed by atoms with Gasteiger partial charge in [0, 0.05) is 19.0 Å². The second kappa shape index (κ2) is 7.78. The van der Waals surface area contributed by atoms with E-state index in [1.165, 1.54) is 0 Å². The summed E-state index contributed by atoms with van der Waals surface area (Å²) in [5.41, 5.74) is 6.38. The van der Waals surface area contributed by atoms with E-state index in [1.807, 2.05) is 30.3 Å². The highest BCUT2D eigenvalue weighted by molar-refractivity contribution is 5.83. The molecule has 5 heteroatoms. The normalized spacial score (nSPS) is 18.9. The molecule has 1 saturated heterocycles. The van der Waals surface area contributed by atoms with Gasteiger partial charge in [-0.3, -0.25) is 4.79 Å². The van der Waals surface area contributed by atoms with Crippen molar-refractivity contribution in [3.05, 3.63) is 35.9 Å². The quantitative estimate of drug-likeness (QED) is 0.920. The van der Waals surface area contributed by atoms with Crippen LogP contribution in [-0.2, 0) is 16.1 Å².